The predicted octanol–water partition coefficient (Wildman–Crippen LogP) is 5.85. The zero-order valence-electron chi connectivity index (χ0n) is 50.6. The Kier molecular flexibility index (Phi) is 18.3. The number of nitrogen functional groups attached to an aromatic ring is 3. The minimum atomic E-state index is -4.29. The zero-order chi connectivity index (χ0) is 64.4. The maximum absolute atomic E-state index is 16.2. The van der Waals surface area contributed by atoms with E-state index < -0.39 is 99.2 Å². The molecule has 89 heavy (non-hydrogen) atoms. The molecule has 5 aliphatic rings. The van der Waals surface area contributed by atoms with Crippen molar-refractivity contribution in [2.75, 3.05) is 54.3 Å². The quantitative estimate of drug-likeness (QED) is 0.0301. The number of alkyl halides is 3. The molecule has 1 unspecified atom stereocenters. The van der Waals surface area contributed by atoms with Crippen molar-refractivity contribution < 1.29 is 65.8 Å². The molecule has 6 aromatic heterocycles. The van der Waals surface area contributed by atoms with Crippen LogP contribution in [0.25, 0.3) is 33.5 Å². The Bertz CT molecular complexity index is 3730. The van der Waals surface area contributed by atoms with Gasteiger partial charge >= 0.3 is 13.7 Å². The fourth-order valence-electron chi connectivity index (χ4n) is 11.0. The van der Waals surface area contributed by atoms with Crippen molar-refractivity contribution in [2.45, 2.75) is 178 Å². The molecule has 3 saturated heterocycles. The second-order valence-corrected chi connectivity index (χ2v) is 25.7. The number of imidazole rings is 3. The van der Waals surface area contributed by atoms with Crippen molar-refractivity contribution in [3.05, 3.63) is 54.5 Å². The highest BCUT2D eigenvalue weighted by Gasteiger charge is 2.58. The summed E-state index contributed by atoms with van der Waals surface area (Å²) in [5, 5.41) is 33.1. The zero-order valence-corrected chi connectivity index (χ0v) is 52.3. The molecular weight excluding hydrogens is 1210 g/mol. The molecule has 0 spiro atoms. The number of aliphatic hydroxyl groups excluding tert-OH is 3. The van der Waals surface area contributed by atoms with Gasteiger partial charge in [0.05, 0.1) is 44.4 Å². The van der Waals surface area contributed by atoms with E-state index in [9.17, 15) is 24.7 Å². The lowest BCUT2D eigenvalue weighted by Gasteiger charge is -2.25. The summed E-state index contributed by atoms with van der Waals surface area (Å²) >= 11 is 6.00. The SMILES string of the molecule is CC(C)OC(=O)[C@H](C)NP(=O)(OC[C@H]1O[C@@H](n2cnc3c(N(C)C4CC4)nc(N)nc32)[C@](C)(F)[C@@H]1O)Oc1ccccc1.CC[C@H]1O[C@@H](n2cnc3c(Cl)nc(N)nc32)[C@](C)(F)[C@@H]1C.CN(c1nc(N)nc2c1ncn2[C@@H]1O[C@H](CO)[C@@H](O)[C@@]1(C)F)C1CC1. The van der Waals surface area contributed by atoms with E-state index in [1.54, 1.807) is 48.7 Å². The molecule has 0 radical (unpaired) electrons. The lowest BCUT2D eigenvalue weighted by molar-refractivity contribution is -0.149. The minimum Gasteiger partial charge on any atom is -0.462 e. The molecular formula is C55H75ClF3N18O11P. The number of hydrogen-bond donors (Lipinski definition) is 7. The van der Waals surface area contributed by atoms with E-state index in [1.165, 1.54) is 55.8 Å². The van der Waals surface area contributed by atoms with E-state index in [-0.39, 0.29) is 46.4 Å². The van der Waals surface area contributed by atoms with Crippen LogP contribution < -0.4 is 36.6 Å². The van der Waals surface area contributed by atoms with Gasteiger partial charge in [0.2, 0.25) is 17.8 Å². The number of nitrogens with two attached hydrogens (primary N) is 3. The van der Waals surface area contributed by atoms with Gasteiger partial charge in [-0.2, -0.15) is 35.0 Å². The summed E-state index contributed by atoms with van der Waals surface area (Å²) < 4.78 is 98.3. The number of nitrogens with one attached hydrogen (secondary N) is 1. The number of ether oxygens (including phenoxy) is 4. The molecule has 14 atom stereocenters. The first kappa shape index (κ1) is 65.1. The second kappa shape index (κ2) is 25.1. The van der Waals surface area contributed by atoms with Gasteiger partial charge in [-0.15, -0.1) is 0 Å². The highest BCUT2D eigenvalue weighted by molar-refractivity contribution is 7.52. The average Bonchev–Trinajstić information content (AvgIpc) is 1.93. The van der Waals surface area contributed by atoms with Crippen LogP contribution in [-0.4, -0.2) is 179 Å². The molecule has 3 aliphatic heterocycles. The van der Waals surface area contributed by atoms with Gasteiger partial charge in [0, 0.05) is 32.1 Å². The largest absolute Gasteiger partial charge is 0.462 e. The van der Waals surface area contributed by atoms with E-state index in [2.05, 4.69) is 49.9 Å². The van der Waals surface area contributed by atoms with Gasteiger partial charge in [-0.05, 0) is 85.8 Å². The van der Waals surface area contributed by atoms with Crippen molar-refractivity contribution in [3.8, 4) is 5.75 Å². The van der Waals surface area contributed by atoms with Crippen molar-refractivity contribution >= 4 is 88.3 Å². The van der Waals surface area contributed by atoms with Crippen molar-refractivity contribution in [3.63, 3.8) is 0 Å². The molecule has 34 heteroatoms. The molecule has 7 aromatic rings. The van der Waals surface area contributed by atoms with Crippen molar-refractivity contribution in [2.24, 2.45) is 5.92 Å². The molecule has 9 heterocycles. The van der Waals surface area contributed by atoms with Crippen LogP contribution in [0, 0.1) is 5.92 Å². The molecule has 0 bridgehead atoms. The van der Waals surface area contributed by atoms with Crippen LogP contribution in [0.1, 0.15) is 106 Å². The number of anilines is 5. The molecule has 5 fully saturated rings. The number of para-hydroxylation sites is 1. The van der Waals surface area contributed by atoms with E-state index in [0.717, 1.165) is 32.1 Å². The lowest BCUT2D eigenvalue weighted by atomic mass is 9.88. The Morgan fingerprint density at radius 3 is 1.62 bits per heavy atom. The van der Waals surface area contributed by atoms with Crippen LogP contribution in [0.5, 0.6) is 5.75 Å². The van der Waals surface area contributed by atoms with Gasteiger partial charge < -0.3 is 65.8 Å². The van der Waals surface area contributed by atoms with Crippen LogP contribution >= 0.6 is 19.3 Å². The number of rotatable bonds is 18. The first-order chi connectivity index (χ1) is 42.0. The van der Waals surface area contributed by atoms with Crippen LogP contribution in [-0.2, 0) is 32.8 Å². The third kappa shape index (κ3) is 12.9. The summed E-state index contributed by atoms with van der Waals surface area (Å²) in [5.74, 6) is 0.425. The maximum atomic E-state index is 16.2. The summed E-state index contributed by atoms with van der Waals surface area (Å²) in [6.45, 7) is 11.5. The van der Waals surface area contributed by atoms with Crippen molar-refractivity contribution in [1.29, 1.82) is 0 Å². The van der Waals surface area contributed by atoms with Crippen molar-refractivity contribution in [1.82, 2.24) is 63.6 Å². The summed E-state index contributed by atoms with van der Waals surface area (Å²) in [7, 11) is -0.494. The maximum Gasteiger partial charge on any atom is 0.459 e. The lowest BCUT2D eigenvalue weighted by Crippen LogP contribution is -2.41. The Labute approximate surface area is 514 Å². The minimum absolute atomic E-state index is 0.0212. The van der Waals surface area contributed by atoms with Gasteiger partial charge in [-0.1, -0.05) is 43.6 Å². The van der Waals surface area contributed by atoms with Gasteiger partial charge in [0.15, 0.2) is 80.5 Å². The molecule has 12 rings (SSSR count). The number of hydrogen-bond acceptors (Lipinski definition) is 25. The number of carbonyl (C=O) groups is 1. The molecule has 29 nitrogen and oxygen atoms in total. The Morgan fingerprint density at radius 1 is 0.730 bits per heavy atom. The number of halogens is 4. The number of aromatic nitrogens is 12. The molecule has 10 N–H and O–H groups in total. The third-order valence-corrected chi connectivity index (χ3v) is 18.4. The van der Waals surface area contributed by atoms with Gasteiger partial charge in [-0.25, -0.2) is 32.7 Å². The molecule has 2 aliphatic carbocycles. The number of fused-ring (bicyclic) bond motifs is 3. The number of esters is 1. The fourth-order valence-corrected chi connectivity index (χ4v) is 12.7. The fraction of sp³-hybridized carbons (Fsp3) is 0.600. The first-order valence-corrected chi connectivity index (χ1v) is 31.0. The van der Waals surface area contributed by atoms with E-state index in [4.69, 9.17) is 56.8 Å². The number of aliphatic hydroxyl groups is 3. The Balaban J connectivity index is 0.000000160. The molecule has 2 saturated carbocycles. The number of nitrogens with zero attached hydrogens (tertiary/aromatic N) is 14. The summed E-state index contributed by atoms with van der Waals surface area (Å²) in [4.78, 5) is 54.3. The normalized spacial score (nSPS) is 29.4. The van der Waals surface area contributed by atoms with E-state index in [1.807, 2.05) is 37.7 Å². The predicted molar refractivity (Wildman–Crippen MR) is 320 cm³/mol. The highest BCUT2D eigenvalue weighted by atomic mass is 35.5. The van der Waals surface area contributed by atoms with Crippen LogP contribution in [0.15, 0.2) is 49.3 Å². The van der Waals surface area contributed by atoms with Gasteiger partial charge in [0.1, 0.15) is 41.7 Å². The molecule has 1 aromatic carbocycles. The average molecular weight is 1290 g/mol. The first-order valence-electron chi connectivity index (χ1n) is 29.1. The summed E-state index contributed by atoms with van der Waals surface area (Å²) in [6.07, 6.45) is -0.316. The molecule has 0 amide bonds. The topological polar surface area (TPSA) is 378 Å². The van der Waals surface area contributed by atoms with Gasteiger partial charge in [-0.3, -0.25) is 23.0 Å². The van der Waals surface area contributed by atoms with Crippen LogP contribution in [0.4, 0.5) is 42.7 Å². The molecule has 484 valence electrons. The standard InChI is InChI=1S/C27H37FN7O7P.C15H21FN6O3.C13H17ClFN5O/c1-15(2)40-24(37)16(3)33-43(38,42-18-9-7-6-8-10-18)39-13-19-21(36)27(4,28)25(41-19)35-14-30-20-22(34(5)17-11-12-17)31-26(29)32-23(20)35;1-15(16)10(24)8(5-23)25-13(15)22-6-18-9-11(21(2)7-3-4-7)19-14(17)20-12(9)22;1-4-7-6(2)13(3,15)11(21-7)20-5-17-8-9(14)18-12(16)19-10(8)20/h6-10,14-17,19,21,25,36H,11-13H2,1-5H3,(H,33,38)(H2,29,31,32);6-8,10,13,23-24H,3-5H2,1-2H3,(H2,17,19,20);5-7,11H,4H2,1-3H3,(H2,16,18,19)/t16-,19+,21+,25+,27+,43?;8-,10-,13-,15-;6-,7-,11-,13-/m011/s1. The van der Waals surface area contributed by atoms with E-state index in [0.29, 0.717) is 51.6 Å². The monoisotopic (exact) mass is 1290 g/mol. The third-order valence-electron chi connectivity index (χ3n) is 16.5. The summed E-state index contributed by atoms with van der Waals surface area (Å²) in [5.41, 5.74) is 13.7. The Morgan fingerprint density at radius 2 is 1.17 bits per heavy atom. The summed E-state index contributed by atoms with van der Waals surface area (Å²) in [6, 6.07) is 7.78. The Hall–Kier alpha value is -6.87. The number of benzene rings is 1. The highest BCUT2D eigenvalue weighted by Crippen LogP contribution is 2.50. The second-order valence-electron chi connectivity index (χ2n) is 23.7. The van der Waals surface area contributed by atoms with Gasteiger partial charge in [0.25, 0.3) is 0 Å². The van der Waals surface area contributed by atoms with Crippen LogP contribution in [0.3, 0.4) is 0 Å². The van der Waals surface area contributed by atoms with Crippen LogP contribution in [0.2, 0.25) is 5.15 Å². The number of carbonyl (C=O) groups excluding carboxylic acids is 1. The smallest absolute Gasteiger partial charge is 0.459 e. The van der Waals surface area contributed by atoms with E-state index >= 15 is 13.2 Å².